The number of halogens is 1. The maximum Gasteiger partial charge on any atom is 0.278 e. The third-order valence-corrected chi connectivity index (χ3v) is 5.82. The SMILES string of the molecule is Cc1cc(-c2nc(-c3ccc(C4CCOCC4)cc3)no2)nn1Cc1ccnc(Cl)c1. The Balaban J connectivity index is 1.33. The van der Waals surface area contributed by atoms with E-state index in [0.29, 0.717) is 35.0 Å². The van der Waals surface area contributed by atoms with Gasteiger partial charge in [0.15, 0.2) is 5.69 Å². The first-order chi connectivity index (χ1) is 15.2. The Kier molecular flexibility index (Phi) is 5.53. The summed E-state index contributed by atoms with van der Waals surface area (Å²) in [5, 5.41) is 9.26. The van der Waals surface area contributed by atoms with Crippen molar-refractivity contribution < 1.29 is 9.26 Å². The van der Waals surface area contributed by atoms with E-state index in [0.717, 1.165) is 42.9 Å². The molecule has 4 aromatic rings. The predicted molar refractivity (Wildman–Crippen MR) is 117 cm³/mol. The second kappa shape index (κ2) is 8.61. The van der Waals surface area contributed by atoms with Gasteiger partial charge in [0.05, 0.1) is 6.54 Å². The van der Waals surface area contributed by atoms with Crippen molar-refractivity contribution in [2.45, 2.75) is 32.2 Å². The first kappa shape index (κ1) is 19.9. The number of nitrogens with zero attached hydrogens (tertiary/aromatic N) is 5. The maximum atomic E-state index is 5.99. The maximum absolute atomic E-state index is 5.99. The van der Waals surface area contributed by atoms with Crippen molar-refractivity contribution in [2.24, 2.45) is 0 Å². The van der Waals surface area contributed by atoms with Crippen LogP contribution in [-0.2, 0) is 11.3 Å². The van der Waals surface area contributed by atoms with Gasteiger partial charge in [-0.3, -0.25) is 4.68 Å². The molecular weight excluding hydrogens is 414 g/mol. The molecule has 7 nitrogen and oxygen atoms in total. The number of pyridine rings is 1. The fourth-order valence-electron chi connectivity index (χ4n) is 3.87. The molecule has 1 fully saturated rings. The van der Waals surface area contributed by atoms with E-state index in [1.165, 1.54) is 5.56 Å². The summed E-state index contributed by atoms with van der Waals surface area (Å²) >= 11 is 5.99. The molecule has 1 aliphatic rings. The Labute approximate surface area is 185 Å². The van der Waals surface area contributed by atoms with Crippen molar-refractivity contribution in [1.29, 1.82) is 0 Å². The van der Waals surface area contributed by atoms with Gasteiger partial charge in [-0.1, -0.05) is 41.0 Å². The van der Waals surface area contributed by atoms with Gasteiger partial charge in [0.1, 0.15) is 5.15 Å². The molecule has 0 atom stereocenters. The van der Waals surface area contributed by atoms with Gasteiger partial charge < -0.3 is 9.26 Å². The molecule has 1 aliphatic heterocycles. The van der Waals surface area contributed by atoms with Crippen LogP contribution in [0.2, 0.25) is 5.15 Å². The highest BCUT2D eigenvalue weighted by Crippen LogP contribution is 2.29. The lowest BCUT2D eigenvalue weighted by atomic mass is 9.91. The number of ether oxygens (including phenoxy) is 1. The van der Waals surface area contributed by atoms with E-state index in [9.17, 15) is 0 Å². The summed E-state index contributed by atoms with van der Waals surface area (Å²) in [6.07, 6.45) is 3.83. The Morgan fingerprint density at radius 3 is 2.68 bits per heavy atom. The van der Waals surface area contributed by atoms with Gasteiger partial charge in [0.25, 0.3) is 5.89 Å². The van der Waals surface area contributed by atoms with Crippen LogP contribution in [0.25, 0.3) is 23.0 Å². The van der Waals surface area contributed by atoms with Crippen LogP contribution in [0.4, 0.5) is 0 Å². The highest BCUT2D eigenvalue weighted by molar-refractivity contribution is 6.29. The number of hydrogen-bond acceptors (Lipinski definition) is 6. The lowest BCUT2D eigenvalue weighted by Crippen LogP contribution is -2.13. The Bertz CT molecular complexity index is 1180. The number of rotatable bonds is 5. The van der Waals surface area contributed by atoms with Crippen molar-refractivity contribution in [3.05, 3.63) is 70.6 Å². The van der Waals surface area contributed by atoms with Crippen molar-refractivity contribution in [3.63, 3.8) is 0 Å². The number of aromatic nitrogens is 5. The zero-order valence-corrected chi connectivity index (χ0v) is 17.9. The van der Waals surface area contributed by atoms with Gasteiger partial charge in [0.2, 0.25) is 5.82 Å². The molecule has 0 radical (unpaired) electrons. The fraction of sp³-hybridized carbons (Fsp3) is 0.304. The molecular formula is C23H22ClN5O2. The van der Waals surface area contributed by atoms with Crippen LogP contribution < -0.4 is 0 Å². The summed E-state index contributed by atoms with van der Waals surface area (Å²) in [5.41, 5.74) is 4.92. The predicted octanol–water partition coefficient (Wildman–Crippen LogP) is 4.90. The number of benzene rings is 1. The summed E-state index contributed by atoms with van der Waals surface area (Å²) in [6, 6.07) is 14.1. The van der Waals surface area contributed by atoms with Gasteiger partial charge in [-0.15, -0.1) is 0 Å². The standard InChI is InChI=1S/C23H22ClN5O2/c1-15-12-20(27-29(15)14-16-6-9-25-21(24)13-16)23-26-22(28-31-23)19-4-2-17(3-5-19)18-7-10-30-11-8-18/h2-6,9,12-13,18H,7-8,10-11,14H2,1H3. The summed E-state index contributed by atoms with van der Waals surface area (Å²) < 4.78 is 12.8. The molecule has 31 heavy (non-hydrogen) atoms. The second-order valence-electron chi connectivity index (χ2n) is 7.75. The molecule has 0 spiro atoms. The Hall–Kier alpha value is -3.03. The van der Waals surface area contributed by atoms with Crippen molar-refractivity contribution >= 4 is 11.6 Å². The smallest absolute Gasteiger partial charge is 0.278 e. The summed E-state index contributed by atoms with van der Waals surface area (Å²) in [4.78, 5) is 8.58. The van der Waals surface area contributed by atoms with Gasteiger partial charge in [-0.25, -0.2) is 4.98 Å². The number of hydrogen-bond donors (Lipinski definition) is 0. The molecule has 0 unspecified atom stereocenters. The van der Waals surface area contributed by atoms with Crippen LogP contribution >= 0.6 is 11.6 Å². The van der Waals surface area contributed by atoms with Crippen LogP contribution in [-0.4, -0.2) is 38.1 Å². The first-order valence-electron chi connectivity index (χ1n) is 10.3. The van der Waals surface area contributed by atoms with Crippen LogP contribution in [0.3, 0.4) is 0 Å². The molecule has 5 rings (SSSR count). The molecule has 1 saturated heterocycles. The summed E-state index contributed by atoms with van der Waals surface area (Å²) in [6.45, 7) is 4.25. The average Bonchev–Trinajstić information content (AvgIpc) is 3.42. The van der Waals surface area contributed by atoms with Crippen molar-refractivity contribution in [3.8, 4) is 23.0 Å². The zero-order chi connectivity index (χ0) is 21.2. The van der Waals surface area contributed by atoms with Gasteiger partial charge in [0, 0.05) is 30.7 Å². The Morgan fingerprint density at radius 1 is 1.10 bits per heavy atom. The van der Waals surface area contributed by atoms with Crippen LogP contribution in [0, 0.1) is 6.92 Å². The molecule has 8 heteroatoms. The summed E-state index contributed by atoms with van der Waals surface area (Å²) in [7, 11) is 0. The highest BCUT2D eigenvalue weighted by Gasteiger charge is 2.18. The van der Waals surface area contributed by atoms with E-state index in [2.05, 4.69) is 44.5 Å². The minimum absolute atomic E-state index is 0.401. The molecule has 0 amide bonds. The van der Waals surface area contributed by atoms with Gasteiger partial charge in [-0.2, -0.15) is 10.1 Å². The largest absolute Gasteiger partial charge is 0.381 e. The quantitative estimate of drug-likeness (QED) is 0.415. The highest BCUT2D eigenvalue weighted by atomic mass is 35.5. The van der Waals surface area contributed by atoms with E-state index in [4.69, 9.17) is 20.9 Å². The number of aryl methyl sites for hydroxylation is 1. The normalized spacial score (nSPS) is 14.8. The van der Waals surface area contributed by atoms with Crippen molar-refractivity contribution in [2.75, 3.05) is 13.2 Å². The van der Waals surface area contributed by atoms with Crippen molar-refractivity contribution in [1.82, 2.24) is 24.9 Å². The van der Waals surface area contributed by atoms with Gasteiger partial charge >= 0.3 is 0 Å². The van der Waals surface area contributed by atoms with Crippen LogP contribution in [0.1, 0.15) is 35.6 Å². The summed E-state index contributed by atoms with van der Waals surface area (Å²) in [5.74, 6) is 1.52. The molecule has 0 N–H and O–H groups in total. The molecule has 0 bridgehead atoms. The lowest BCUT2D eigenvalue weighted by Gasteiger charge is -2.22. The van der Waals surface area contributed by atoms with E-state index in [-0.39, 0.29) is 0 Å². The zero-order valence-electron chi connectivity index (χ0n) is 17.2. The average molecular weight is 436 g/mol. The molecule has 3 aromatic heterocycles. The lowest BCUT2D eigenvalue weighted by molar-refractivity contribution is 0.0853. The molecule has 4 heterocycles. The van der Waals surface area contributed by atoms with Crippen LogP contribution in [0.5, 0.6) is 0 Å². The van der Waals surface area contributed by atoms with E-state index >= 15 is 0 Å². The minimum atomic E-state index is 0.401. The second-order valence-corrected chi connectivity index (χ2v) is 8.13. The molecule has 0 saturated carbocycles. The fourth-order valence-corrected chi connectivity index (χ4v) is 4.07. The van der Waals surface area contributed by atoms with E-state index in [1.807, 2.05) is 29.8 Å². The minimum Gasteiger partial charge on any atom is -0.381 e. The van der Waals surface area contributed by atoms with E-state index in [1.54, 1.807) is 6.20 Å². The third-order valence-electron chi connectivity index (χ3n) is 5.61. The van der Waals surface area contributed by atoms with Crippen LogP contribution in [0.15, 0.2) is 53.2 Å². The van der Waals surface area contributed by atoms with E-state index < -0.39 is 0 Å². The topological polar surface area (TPSA) is 78.9 Å². The molecule has 0 aliphatic carbocycles. The monoisotopic (exact) mass is 435 g/mol. The Morgan fingerprint density at radius 2 is 1.90 bits per heavy atom. The molecule has 1 aromatic carbocycles. The molecule has 158 valence electrons. The third kappa shape index (κ3) is 4.38. The van der Waals surface area contributed by atoms with Gasteiger partial charge in [-0.05, 0) is 55.0 Å². The first-order valence-corrected chi connectivity index (χ1v) is 10.7.